The van der Waals surface area contributed by atoms with Gasteiger partial charge in [-0.05, 0) is 37.4 Å². The molecule has 3 nitrogen and oxygen atoms in total. The van der Waals surface area contributed by atoms with Gasteiger partial charge >= 0.3 is 0 Å². The number of ether oxygens (including phenoxy) is 1. The summed E-state index contributed by atoms with van der Waals surface area (Å²) in [6, 6.07) is 18.6. The number of hydrogen-bond donors (Lipinski definition) is 1. The normalized spacial score (nSPS) is 10.3. The Labute approximate surface area is 139 Å². The van der Waals surface area contributed by atoms with Crippen LogP contribution in [0.25, 0.3) is 0 Å². The van der Waals surface area contributed by atoms with Crippen LogP contribution < -0.4 is 10.1 Å². The van der Waals surface area contributed by atoms with Crippen LogP contribution in [-0.2, 0) is 13.2 Å². The zero-order valence-corrected chi connectivity index (χ0v) is 14.1. The van der Waals surface area contributed by atoms with Crippen LogP contribution in [0.4, 0.5) is 0 Å². The molecule has 0 unspecified atom stereocenters. The summed E-state index contributed by atoms with van der Waals surface area (Å²) in [5, 5.41) is 3.17. The Morgan fingerprint density at radius 1 is 1.00 bits per heavy atom. The van der Waals surface area contributed by atoms with E-state index in [9.17, 15) is 0 Å². The first-order chi connectivity index (χ1) is 10.3. The molecule has 0 aromatic heterocycles. The van der Waals surface area contributed by atoms with Crippen molar-refractivity contribution in [3.8, 4) is 5.75 Å². The first-order valence-electron chi connectivity index (χ1n) is 7.37. The highest BCUT2D eigenvalue weighted by molar-refractivity contribution is 5.85. The molecule has 0 amide bonds. The van der Waals surface area contributed by atoms with Crippen molar-refractivity contribution in [3.05, 3.63) is 65.7 Å². The van der Waals surface area contributed by atoms with Crippen molar-refractivity contribution in [1.29, 1.82) is 0 Å². The zero-order chi connectivity index (χ0) is 14.9. The van der Waals surface area contributed by atoms with Gasteiger partial charge in [0.15, 0.2) is 0 Å². The van der Waals surface area contributed by atoms with E-state index in [4.69, 9.17) is 4.74 Å². The molecule has 120 valence electrons. The van der Waals surface area contributed by atoms with E-state index in [2.05, 4.69) is 47.6 Å². The van der Waals surface area contributed by atoms with E-state index < -0.39 is 0 Å². The zero-order valence-electron chi connectivity index (χ0n) is 13.3. The molecule has 0 atom stereocenters. The summed E-state index contributed by atoms with van der Waals surface area (Å²) >= 11 is 0. The number of benzene rings is 2. The van der Waals surface area contributed by atoms with E-state index in [0.29, 0.717) is 6.61 Å². The standard InChI is InChI=1S/C18H24N2O.ClH/c1-19-11-12-20(2)14-17-9-6-10-18(13-17)21-15-16-7-4-3-5-8-16;/h3-10,13,19H,11-12,14-15H2,1-2H3;1H. The number of hydrogen-bond acceptors (Lipinski definition) is 3. The first kappa shape index (κ1) is 18.5. The summed E-state index contributed by atoms with van der Waals surface area (Å²) < 4.78 is 5.86. The lowest BCUT2D eigenvalue weighted by atomic mass is 10.2. The Bertz CT molecular complexity index is 534. The summed E-state index contributed by atoms with van der Waals surface area (Å²) in [5.74, 6) is 0.929. The topological polar surface area (TPSA) is 24.5 Å². The van der Waals surface area contributed by atoms with Crippen LogP contribution in [0.5, 0.6) is 5.75 Å². The van der Waals surface area contributed by atoms with E-state index in [0.717, 1.165) is 25.4 Å². The second kappa shape index (κ2) is 10.2. The molecule has 0 saturated heterocycles. The second-order valence-corrected chi connectivity index (χ2v) is 5.26. The predicted octanol–water partition coefficient (Wildman–Crippen LogP) is 3.34. The number of likely N-dealkylation sites (N-methyl/N-ethyl adjacent to an activating group) is 2. The average Bonchev–Trinajstić information content (AvgIpc) is 2.52. The first-order valence-corrected chi connectivity index (χ1v) is 7.37. The lowest BCUT2D eigenvalue weighted by Crippen LogP contribution is -2.26. The van der Waals surface area contributed by atoms with Crippen LogP contribution in [-0.4, -0.2) is 32.1 Å². The highest BCUT2D eigenvalue weighted by atomic mass is 35.5. The van der Waals surface area contributed by atoms with Gasteiger partial charge in [0.2, 0.25) is 0 Å². The predicted molar refractivity (Wildman–Crippen MR) is 94.7 cm³/mol. The molecule has 22 heavy (non-hydrogen) atoms. The summed E-state index contributed by atoms with van der Waals surface area (Å²) in [4.78, 5) is 2.30. The van der Waals surface area contributed by atoms with E-state index in [1.165, 1.54) is 11.1 Å². The summed E-state index contributed by atoms with van der Waals surface area (Å²) in [6.07, 6.45) is 0. The van der Waals surface area contributed by atoms with Gasteiger partial charge in [0.05, 0.1) is 0 Å². The van der Waals surface area contributed by atoms with Gasteiger partial charge in [-0.2, -0.15) is 0 Å². The maximum absolute atomic E-state index is 5.86. The highest BCUT2D eigenvalue weighted by Gasteiger charge is 2.02. The Hall–Kier alpha value is -1.55. The third-order valence-corrected chi connectivity index (χ3v) is 3.34. The van der Waals surface area contributed by atoms with Crippen molar-refractivity contribution < 1.29 is 4.74 Å². The molecule has 0 aliphatic rings. The van der Waals surface area contributed by atoms with Gasteiger partial charge in [-0.3, -0.25) is 0 Å². The van der Waals surface area contributed by atoms with Crippen molar-refractivity contribution in [2.75, 3.05) is 27.2 Å². The fourth-order valence-corrected chi connectivity index (χ4v) is 2.17. The molecular weight excluding hydrogens is 296 g/mol. The smallest absolute Gasteiger partial charge is 0.120 e. The maximum Gasteiger partial charge on any atom is 0.120 e. The van der Waals surface area contributed by atoms with Crippen LogP contribution in [0, 0.1) is 0 Å². The van der Waals surface area contributed by atoms with Crippen LogP contribution in [0.15, 0.2) is 54.6 Å². The van der Waals surface area contributed by atoms with Gasteiger partial charge in [0.1, 0.15) is 12.4 Å². The van der Waals surface area contributed by atoms with Crippen molar-refractivity contribution in [3.63, 3.8) is 0 Å². The summed E-state index contributed by atoms with van der Waals surface area (Å²) in [7, 11) is 4.11. The molecule has 0 bridgehead atoms. The molecule has 2 rings (SSSR count). The number of halogens is 1. The third kappa shape index (κ3) is 6.48. The van der Waals surface area contributed by atoms with E-state index in [1.807, 2.05) is 31.3 Å². The van der Waals surface area contributed by atoms with Gasteiger partial charge in [-0.25, -0.2) is 0 Å². The Balaban J connectivity index is 0.00000242. The number of rotatable bonds is 8. The fraction of sp³-hybridized carbons (Fsp3) is 0.333. The molecule has 4 heteroatoms. The largest absolute Gasteiger partial charge is 0.489 e. The molecule has 0 aliphatic carbocycles. The van der Waals surface area contributed by atoms with Gasteiger partial charge < -0.3 is 15.0 Å². The average molecular weight is 321 g/mol. The Morgan fingerprint density at radius 3 is 2.45 bits per heavy atom. The van der Waals surface area contributed by atoms with Gasteiger partial charge in [0, 0.05) is 19.6 Å². The van der Waals surface area contributed by atoms with Crippen LogP contribution >= 0.6 is 12.4 Å². The minimum Gasteiger partial charge on any atom is -0.489 e. The van der Waals surface area contributed by atoms with Crippen molar-refractivity contribution in [1.82, 2.24) is 10.2 Å². The van der Waals surface area contributed by atoms with E-state index in [1.54, 1.807) is 0 Å². The molecule has 0 aliphatic heterocycles. The molecule has 0 radical (unpaired) electrons. The summed E-state index contributed by atoms with van der Waals surface area (Å²) in [5.41, 5.74) is 2.47. The minimum atomic E-state index is 0. The molecule has 0 saturated carbocycles. The van der Waals surface area contributed by atoms with Gasteiger partial charge in [0.25, 0.3) is 0 Å². The van der Waals surface area contributed by atoms with E-state index >= 15 is 0 Å². The van der Waals surface area contributed by atoms with Crippen molar-refractivity contribution in [2.45, 2.75) is 13.2 Å². The Morgan fingerprint density at radius 2 is 1.73 bits per heavy atom. The minimum absolute atomic E-state index is 0. The van der Waals surface area contributed by atoms with Crippen molar-refractivity contribution >= 4 is 12.4 Å². The SMILES string of the molecule is CNCCN(C)Cc1cccc(OCc2ccccc2)c1.Cl. The van der Waals surface area contributed by atoms with Gasteiger partial charge in [-0.15, -0.1) is 12.4 Å². The van der Waals surface area contributed by atoms with Gasteiger partial charge in [-0.1, -0.05) is 42.5 Å². The molecule has 0 fully saturated rings. The van der Waals surface area contributed by atoms with Crippen LogP contribution in [0.2, 0.25) is 0 Å². The Kier molecular flexibility index (Phi) is 8.60. The summed E-state index contributed by atoms with van der Waals surface area (Å²) in [6.45, 7) is 3.58. The van der Waals surface area contributed by atoms with Crippen LogP contribution in [0.1, 0.15) is 11.1 Å². The second-order valence-electron chi connectivity index (χ2n) is 5.26. The lowest BCUT2D eigenvalue weighted by molar-refractivity contribution is 0.303. The third-order valence-electron chi connectivity index (χ3n) is 3.34. The molecule has 1 N–H and O–H groups in total. The molecule has 0 heterocycles. The highest BCUT2D eigenvalue weighted by Crippen LogP contribution is 2.16. The number of nitrogens with one attached hydrogen (secondary N) is 1. The monoisotopic (exact) mass is 320 g/mol. The molecule has 0 spiro atoms. The maximum atomic E-state index is 5.86. The van der Waals surface area contributed by atoms with E-state index in [-0.39, 0.29) is 12.4 Å². The lowest BCUT2D eigenvalue weighted by Gasteiger charge is -2.17. The molecular formula is C18H25ClN2O. The van der Waals surface area contributed by atoms with Crippen LogP contribution in [0.3, 0.4) is 0 Å². The number of nitrogens with zero attached hydrogens (tertiary/aromatic N) is 1. The quantitative estimate of drug-likeness (QED) is 0.807. The molecule has 2 aromatic rings. The fourth-order valence-electron chi connectivity index (χ4n) is 2.17. The molecule has 2 aromatic carbocycles. The van der Waals surface area contributed by atoms with Crippen molar-refractivity contribution in [2.24, 2.45) is 0 Å².